The summed E-state index contributed by atoms with van der Waals surface area (Å²) in [6.45, 7) is 1.84. The Labute approximate surface area is 163 Å². The molecule has 0 radical (unpaired) electrons. The van der Waals surface area contributed by atoms with Crippen LogP contribution in [0, 0.1) is 11.3 Å². The minimum Gasteiger partial charge on any atom is -0.449 e. The SMILES string of the molecule is C[C@H](OC(=O)c1csc2c1CCCC2)C(=O)N(CCC#N)c1ccccc1. The van der Waals surface area contributed by atoms with Crippen LogP contribution < -0.4 is 4.90 Å². The molecule has 27 heavy (non-hydrogen) atoms. The second kappa shape index (κ2) is 8.83. The average molecular weight is 382 g/mol. The third kappa shape index (κ3) is 4.37. The highest BCUT2D eigenvalue weighted by Gasteiger charge is 2.28. The molecule has 0 saturated carbocycles. The molecule has 5 nitrogen and oxygen atoms in total. The van der Waals surface area contributed by atoms with E-state index >= 15 is 0 Å². The van der Waals surface area contributed by atoms with Crippen molar-refractivity contribution in [3.05, 3.63) is 51.7 Å². The number of anilines is 1. The molecule has 0 bridgehead atoms. The zero-order valence-electron chi connectivity index (χ0n) is 15.3. The third-order valence-corrected chi connectivity index (χ3v) is 5.78. The maximum Gasteiger partial charge on any atom is 0.340 e. The number of thiophene rings is 1. The van der Waals surface area contributed by atoms with Crippen molar-refractivity contribution in [1.29, 1.82) is 5.26 Å². The first-order valence-corrected chi connectivity index (χ1v) is 10.0. The minimum atomic E-state index is -0.921. The summed E-state index contributed by atoms with van der Waals surface area (Å²) in [5.74, 6) is -0.766. The number of benzene rings is 1. The van der Waals surface area contributed by atoms with E-state index in [1.165, 1.54) is 9.78 Å². The Hall–Kier alpha value is -2.65. The number of fused-ring (bicyclic) bond motifs is 1. The Morgan fingerprint density at radius 2 is 2.00 bits per heavy atom. The number of para-hydroxylation sites is 1. The summed E-state index contributed by atoms with van der Waals surface area (Å²) in [5.41, 5.74) is 2.37. The molecule has 0 saturated heterocycles. The molecule has 0 fully saturated rings. The monoisotopic (exact) mass is 382 g/mol. The molecule has 0 aliphatic heterocycles. The van der Waals surface area contributed by atoms with E-state index in [2.05, 4.69) is 6.07 Å². The van der Waals surface area contributed by atoms with Crippen LogP contribution in [0.1, 0.15) is 47.0 Å². The van der Waals surface area contributed by atoms with Gasteiger partial charge in [0.05, 0.1) is 18.1 Å². The van der Waals surface area contributed by atoms with E-state index in [1.54, 1.807) is 30.4 Å². The Bertz CT molecular complexity index is 854. The predicted molar refractivity (Wildman–Crippen MR) is 105 cm³/mol. The van der Waals surface area contributed by atoms with Crippen LogP contribution >= 0.6 is 11.3 Å². The number of hydrogen-bond acceptors (Lipinski definition) is 5. The smallest absolute Gasteiger partial charge is 0.340 e. The Balaban J connectivity index is 1.72. The number of nitrogens with zero attached hydrogens (tertiary/aromatic N) is 2. The van der Waals surface area contributed by atoms with Crippen LogP contribution in [0.15, 0.2) is 35.7 Å². The molecule has 0 unspecified atom stereocenters. The number of hydrogen-bond donors (Lipinski definition) is 0. The van der Waals surface area contributed by atoms with E-state index in [0.717, 1.165) is 31.2 Å². The van der Waals surface area contributed by atoms with Crippen LogP contribution in [0.5, 0.6) is 0 Å². The predicted octanol–water partition coefficient (Wildman–Crippen LogP) is 4.12. The molecule has 1 atom stereocenters. The quantitative estimate of drug-likeness (QED) is 0.705. The second-order valence-corrected chi connectivity index (χ2v) is 7.50. The van der Waals surface area contributed by atoms with Gasteiger partial charge < -0.3 is 9.64 Å². The van der Waals surface area contributed by atoms with E-state index in [4.69, 9.17) is 10.00 Å². The summed E-state index contributed by atoms with van der Waals surface area (Å²) in [6, 6.07) is 11.2. The second-order valence-electron chi connectivity index (χ2n) is 6.54. The van der Waals surface area contributed by atoms with Gasteiger partial charge in [0.1, 0.15) is 0 Å². The fourth-order valence-electron chi connectivity index (χ4n) is 3.30. The highest BCUT2D eigenvalue weighted by molar-refractivity contribution is 7.10. The first kappa shape index (κ1) is 19.1. The fraction of sp³-hybridized carbons (Fsp3) is 0.381. The zero-order chi connectivity index (χ0) is 19.2. The van der Waals surface area contributed by atoms with Crippen LogP contribution in [-0.2, 0) is 22.4 Å². The highest BCUT2D eigenvalue weighted by atomic mass is 32.1. The number of carbonyl (C=O) groups is 2. The minimum absolute atomic E-state index is 0.208. The van der Waals surface area contributed by atoms with Gasteiger partial charge in [-0.2, -0.15) is 5.26 Å². The lowest BCUT2D eigenvalue weighted by molar-refractivity contribution is -0.126. The van der Waals surface area contributed by atoms with Gasteiger partial charge in [0.15, 0.2) is 6.10 Å². The number of ether oxygens (including phenoxy) is 1. The van der Waals surface area contributed by atoms with Crippen molar-refractivity contribution in [2.24, 2.45) is 0 Å². The van der Waals surface area contributed by atoms with Crippen molar-refractivity contribution in [3.8, 4) is 6.07 Å². The first-order valence-electron chi connectivity index (χ1n) is 9.15. The van der Waals surface area contributed by atoms with Gasteiger partial charge in [-0.25, -0.2) is 4.79 Å². The Morgan fingerprint density at radius 3 is 2.74 bits per heavy atom. The van der Waals surface area contributed by atoms with Crippen LogP contribution in [0.25, 0.3) is 0 Å². The summed E-state index contributed by atoms with van der Waals surface area (Å²) in [5, 5.41) is 10.7. The maximum atomic E-state index is 12.9. The molecule has 3 rings (SSSR count). The van der Waals surface area contributed by atoms with E-state index in [-0.39, 0.29) is 18.9 Å². The third-order valence-electron chi connectivity index (χ3n) is 4.69. The van der Waals surface area contributed by atoms with Gasteiger partial charge in [-0.05, 0) is 50.3 Å². The van der Waals surface area contributed by atoms with Crippen LogP contribution in [0.4, 0.5) is 5.69 Å². The van der Waals surface area contributed by atoms with E-state index in [0.29, 0.717) is 11.3 Å². The zero-order valence-corrected chi connectivity index (χ0v) is 16.1. The summed E-state index contributed by atoms with van der Waals surface area (Å²) in [4.78, 5) is 28.3. The maximum absolute atomic E-state index is 12.9. The fourth-order valence-corrected chi connectivity index (χ4v) is 4.41. The van der Waals surface area contributed by atoms with Gasteiger partial charge in [-0.15, -0.1) is 11.3 Å². The van der Waals surface area contributed by atoms with E-state index < -0.39 is 12.1 Å². The van der Waals surface area contributed by atoms with Gasteiger partial charge in [-0.3, -0.25) is 4.79 Å². The Morgan fingerprint density at radius 1 is 1.26 bits per heavy atom. The van der Waals surface area contributed by atoms with Crippen molar-refractivity contribution >= 4 is 28.9 Å². The topological polar surface area (TPSA) is 70.4 Å². The molecule has 0 spiro atoms. The number of rotatable bonds is 6. The largest absolute Gasteiger partial charge is 0.449 e. The van der Waals surface area contributed by atoms with Crippen LogP contribution in [-0.4, -0.2) is 24.5 Å². The van der Waals surface area contributed by atoms with Crippen molar-refractivity contribution < 1.29 is 14.3 Å². The molecule has 1 aromatic carbocycles. The van der Waals surface area contributed by atoms with Gasteiger partial charge in [0, 0.05) is 22.5 Å². The number of amides is 1. The standard InChI is InChI=1S/C21H22N2O3S/c1-15(20(24)23(13-7-12-22)16-8-3-2-4-9-16)26-21(25)18-14-27-19-11-6-5-10-17(18)19/h2-4,8-9,14-15H,5-7,10-11,13H2,1H3/t15-/m0/s1. The van der Waals surface area contributed by atoms with Crippen molar-refractivity contribution in [2.75, 3.05) is 11.4 Å². The number of aryl methyl sites for hydroxylation is 1. The number of carbonyl (C=O) groups excluding carboxylic acids is 2. The normalized spacial score (nSPS) is 13.9. The number of esters is 1. The molecule has 1 aliphatic rings. The lowest BCUT2D eigenvalue weighted by Crippen LogP contribution is -2.40. The van der Waals surface area contributed by atoms with E-state index in [9.17, 15) is 9.59 Å². The van der Waals surface area contributed by atoms with Crippen molar-refractivity contribution in [3.63, 3.8) is 0 Å². The average Bonchev–Trinajstić information content (AvgIpc) is 3.13. The molecular weight excluding hydrogens is 360 g/mol. The van der Waals surface area contributed by atoms with Gasteiger partial charge in [0.25, 0.3) is 5.91 Å². The van der Waals surface area contributed by atoms with Crippen molar-refractivity contribution in [2.45, 2.75) is 45.1 Å². The summed E-state index contributed by atoms with van der Waals surface area (Å²) in [6.07, 6.45) is 3.42. The van der Waals surface area contributed by atoms with Crippen LogP contribution in [0.3, 0.4) is 0 Å². The Kier molecular flexibility index (Phi) is 6.25. The lowest BCUT2D eigenvalue weighted by atomic mass is 9.96. The molecule has 0 N–H and O–H groups in total. The van der Waals surface area contributed by atoms with E-state index in [1.807, 2.05) is 23.6 Å². The van der Waals surface area contributed by atoms with Crippen molar-refractivity contribution in [1.82, 2.24) is 0 Å². The van der Waals surface area contributed by atoms with Gasteiger partial charge >= 0.3 is 5.97 Å². The lowest BCUT2D eigenvalue weighted by Gasteiger charge is -2.25. The first-order chi connectivity index (χ1) is 13.1. The molecule has 1 heterocycles. The summed E-state index contributed by atoms with van der Waals surface area (Å²) in [7, 11) is 0. The summed E-state index contributed by atoms with van der Waals surface area (Å²) < 4.78 is 5.50. The number of nitriles is 1. The molecule has 1 amide bonds. The highest BCUT2D eigenvalue weighted by Crippen LogP contribution is 2.31. The summed E-state index contributed by atoms with van der Waals surface area (Å²) >= 11 is 1.60. The molecule has 1 aliphatic carbocycles. The van der Waals surface area contributed by atoms with Gasteiger partial charge in [0.2, 0.25) is 0 Å². The van der Waals surface area contributed by atoms with Crippen LogP contribution in [0.2, 0.25) is 0 Å². The molecule has 1 aromatic heterocycles. The van der Waals surface area contributed by atoms with Gasteiger partial charge in [-0.1, -0.05) is 18.2 Å². The molecule has 140 valence electrons. The molecular formula is C21H22N2O3S. The molecule has 6 heteroatoms. The molecule has 2 aromatic rings.